The lowest BCUT2D eigenvalue weighted by molar-refractivity contribution is -0.141. The van der Waals surface area contributed by atoms with Crippen LogP contribution in [-0.2, 0) is 26.0 Å². The summed E-state index contributed by atoms with van der Waals surface area (Å²) >= 11 is 0. The molecule has 3 rings (SSSR count). The van der Waals surface area contributed by atoms with Crippen molar-refractivity contribution in [1.29, 1.82) is 0 Å². The Hall–Kier alpha value is -1.44. The molecule has 0 aromatic heterocycles. The van der Waals surface area contributed by atoms with Gasteiger partial charge in [0, 0.05) is 13.2 Å². The Bertz CT molecular complexity index is 721. The lowest BCUT2D eigenvalue weighted by atomic mass is 9.85. The van der Waals surface area contributed by atoms with Gasteiger partial charge in [-0.1, -0.05) is 43.2 Å². The van der Waals surface area contributed by atoms with E-state index in [1.54, 1.807) is 0 Å². The Kier molecular flexibility index (Phi) is 5.99. The number of nitrogens with zero attached hydrogens (tertiary/aromatic N) is 1. The Morgan fingerprint density at radius 2 is 1.96 bits per heavy atom. The fraction of sp³-hybridized carbons (Fsp3) is 0.632. The van der Waals surface area contributed by atoms with Crippen molar-refractivity contribution in [3.8, 4) is 0 Å². The van der Waals surface area contributed by atoms with Crippen LogP contribution in [0.25, 0.3) is 0 Å². The number of carboxylic acids is 1. The standard InChI is InChI=1S/C19H27NO5S/c1-25-16(11-14-7-3-2-4-8-14)13-26(23,24)20-17-10-6-5-9-15(17)12-18(20)19(21)22/h2-4,7-8,15-18H,5-6,9-13H2,1H3,(H,21,22). The molecular weight excluding hydrogens is 354 g/mol. The van der Waals surface area contributed by atoms with E-state index in [2.05, 4.69) is 0 Å². The number of sulfonamides is 1. The molecule has 1 aliphatic carbocycles. The van der Waals surface area contributed by atoms with Crippen LogP contribution in [0.15, 0.2) is 30.3 Å². The number of methoxy groups -OCH3 is 1. The van der Waals surface area contributed by atoms with Crippen LogP contribution >= 0.6 is 0 Å². The van der Waals surface area contributed by atoms with E-state index in [9.17, 15) is 18.3 Å². The molecule has 0 radical (unpaired) electrons. The van der Waals surface area contributed by atoms with Crippen molar-refractivity contribution in [3.05, 3.63) is 35.9 Å². The third-order valence-electron chi connectivity index (χ3n) is 5.67. The van der Waals surface area contributed by atoms with Crippen LogP contribution in [0.1, 0.15) is 37.7 Å². The van der Waals surface area contributed by atoms with E-state index in [4.69, 9.17) is 4.74 Å². The van der Waals surface area contributed by atoms with E-state index in [1.165, 1.54) is 11.4 Å². The van der Waals surface area contributed by atoms with E-state index in [0.717, 1.165) is 31.2 Å². The number of fused-ring (bicyclic) bond motifs is 1. The second-order valence-corrected chi connectivity index (χ2v) is 9.28. The summed E-state index contributed by atoms with van der Waals surface area (Å²) in [5.74, 6) is -1.07. The first-order valence-corrected chi connectivity index (χ1v) is 10.8. The number of aliphatic carboxylic acids is 1. The number of benzene rings is 1. The van der Waals surface area contributed by atoms with Gasteiger partial charge in [0.1, 0.15) is 6.04 Å². The van der Waals surface area contributed by atoms with Crippen molar-refractivity contribution in [2.45, 2.75) is 56.7 Å². The summed E-state index contributed by atoms with van der Waals surface area (Å²) in [6.07, 6.45) is 4.08. The maximum Gasteiger partial charge on any atom is 0.322 e. The zero-order chi connectivity index (χ0) is 18.7. The first-order valence-electron chi connectivity index (χ1n) is 9.23. The number of hydrogen-bond acceptors (Lipinski definition) is 4. The molecule has 2 aliphatic rings. The maximum atomic E-state index is 13.1. The molecule has 1 aromatic carbocycles. The largest absolute Gasteiger partial charge is 0.480 e. The molecule has 6 nitrogen and oxygen atoms in total. The predicted octanol–water partition coefficient (Wildman–Crippen LogP) is 2.29. The quantitative estimate of drug-likeness (QED) is 0.783. The minimum atomic E-state index is -3.73. The molecule has 4 unspecified atom stereocenters. The minimum Gasteiger partial charge on any atom is -0.480 e. The zero-order valence-corrected chi connectivity index (χ0v) is 15.9. The van der Waals surface area contributed by atoms with Gasteiger partial charge in [-0.05, 0) is 37.2 Å². The van der Waals surface area contributed by atoms with Crippen LogP contribution in [-0.4, -0.2) is 54.8 Å². The average Bonchev–Trinajstić information content (AvgIpc) is 3.02. The molecule has 1 aliphatic heterocycles. The zero-order valence-electron chi connectivity index (χ0n) is 15.1. The lowest BCUT2D eigenvalue weighted by Crippen LogP contribution is -2.48. The van der Waals surface area contributed by atoms with Gasteiger partial charge < -0.3 is 9.84 Å². The van der Waals surface area contributed by atoms with E-state index < -0.39 is 28.1 Å². The lowest BCUT2D eigenvalue weighted by Gasteiger charge is -2.33. The summed E-state index contributed by atoms with van der Waals surface area (Å²) in [4.78, 5) is 11.7. The Morgan fingerprint density at radius 1 is 1.27 bits per heavy atom. The monoisotopic (exact) mass is 381 g/mol. The molecule has 1 aromatic rings. The van der Waals surface area contributed by atoms with E-state index in [0.29, 0.717) is 12.8 Å². The second kappa shape index (κ2) is 8.06. The molecule has 0 bridgehead atoms. The molecular formula is C19H27NO5S. The molecule has 1 N–H and O–H groups in total. The summed E-state index contributed by atoms with van der Waals surface area (Å²) in [6.45, 7) is 0. The maximum absolute atomic E-state index is 13.1. The van der Waals surface area contributed by atoms with Gasteiger partial charge in [0.25, 0.3) is 0 Å². The molecule has 26 heavy (non-hydrogen) atoms. The van der Waals surface area contributed by atoms with Crippen molar-refractivity contribution in [2.24, 2.45) is 5.92 Å². The van der Waals surface area contributed by atoms with Crippen molar-refractivity contribution in [1.82, 2.24) is 4.31 Å². The predicted molar refractivity (Wildman–Crippen MR) is 98.4 cm³/mol. The highest BCUT2D eigenvalue weighted by Gasteiger charge is 2.50. The van der Waals surface area contributed by atoms with Crippen LogP contribution in [0, 0.1) is 5.92 Å². The first-order chi connectivity index (χ1) is 12.4. The molecule has 7 heteroatoms. The van der Waals surface area contributed by atoms with Crippen molar-refractivity contribution in [2.75, 3.05) is 12.9 Å². The summed E-state index contributed by atoms with van der Waals surface area (Å²) in [5, 5.41) is 9.58. The molecule has 1 saturated carbocycles. The van der Waals surface area contributed by atoms with Crippen molar-refractivity contribution >= 4 is 16.0 Å². The van der Waals surface area contributed by atoms with Gasteiger partial charge in [-0.15, -0.1) is 0 Å². The molecule has 1 heterocycles. The van der Waals surface area contributed by atoms with E-state index in [1.807, 2.05) is 30.3 Å². The Balaban J connectivity index is 1.79. The van der Waals surface area contributed by atoms with Crippen molar-refractivity contribution < 1.29 is 23.1 Å². The number of carboxylic acid groups (broad SMARTS) is 1. The number of hydrogen-bond donors (Lipinski definition) is 1. The summed E-state index contributed by atoms with van der Waals surface area (Å²) in [7, 11) is -2.22. The van der Waals surface area contributed by atoms with Crippen LogP contribution < -0.4 is 0 Å². The van der Waals surface area contributed by atoms with Gasteiger partial charge >= 0.3 is 5.97 Å². The highest BCUT2D eigenvalue weighted by molar-refractivity contribution is 7.89. The third-order valence-corrected chi connectivity index (χ3v) is 7.63. The van der Waals surface area contributed by atoms with E-state index in [-0.39, 0.29) is 17.7 Å². The number of rotatable bonds is 7. The van der Waals surface area contributed by atoms with Crippen molar-refractivity contribution in [3.63, 3.8) is 0 Å². The fourth-order valence-electron chi connectivity index (χ4n) is 4.44. The molecule has 4 atom stereocenters. The van der Waals surface area contributed by atoms with Gasteiger partial charge in [-0.25, -0.2) is 8.42 Å². The molecule has 2 fully saturated rings. The second-order valence-electron chi connectivity index (χ2n) is 7.36. The fourth-order valence-corrected chi connectivity index (χ4v) is 6.59. The molecule has 0 amide bonds. The molecule has 144 valence electrons. The van der Waals surface area contributed by atoms with Gasteiger partial charge in [0.05, 0.1) is 11.9 Å². The summed E-state index contributed by atoms with van der Waals surface area (Å²) in [5.41, 5.74) is 1.00. The highest BCUT2D eigenvalue weighted by Crippen LogP contribution is 2.41. The average molecular weight is 381 g/mol. The Morgan fingerprint density at radius 3 is 2.62 bits per heavy atom. The van der Waals surface area contributed by atoms with Crippen LogP contribution in [0.2, 0.25) is 0 Å². The summed E-state index contributed by atoms with van der Waals surface area (Å²) in [6, 6.07) is 8.48. The number of ether oxygens (including phenoxy) is 1. The van der Waals surface area contributed by atoms with Gasteiger partial charge in [-0.3, -0.25) is 4.79 Å². The normalized spacial score (nSPS) is 27.8. The van der Waals surface area contributed by atoms with Gasteiger partial charge in [0.15, 0.2) is 0 Å². The Labute approximate surface area is 155 Å². The first kappa shape index (κ1) is 19.3. The molecule has 0 spiro atoms. The minimum absolute atomic E-state index is 0.162. The molecule has 1 saturated heterocycles. The topological polar surface area (TPSA) is 83.9 Å². The van der Waals surface area contributed by atoms with Crippen LogP contribution in [0.5, 0.6) is 0 Å². The van der Waals surface area contributed by atoms with Gasteiger partial charge in [0.2, 0.25) is 10.0 Å². The number of carbonyl (C=O) groups is 1. The van der Waals surface area contributed by atoms with Crippen LogP contribution in [0.4, 0.5) is 0 Å². The van der Waals surface area contributed by atoms with E-state index >= 15 is 0 Å². The third kappa shape index (κ3) is 4.10. The summed E-state index contributed by atoms with van der Waals surface area (Å²) < 4.78 is 33.0. The van der Waals surface area contributed by atoms with Gasteiger partial charge in [-0.2, -0.15) is 4.31 Å². The SMILES string of the molecule is COC(Cc1ccccc1)CS(=O)(=O)N1C(C(=O)O)CC2CCCCC21. The van der Waals surface area contributed by atoms with Crippen LogP contribution in [0.3, 0.4) is 0 Å². The highest BCUT2D eigenvalue weighted by atomic mass is 32.2. The smallest absolute Gasteiger partial charge is 0.322 e.